The molecule has 0 aromatic heterocycles. The van der Waals surface area contributed by atoms with Crippen molar-refractivity contribution in [3.63, 3.8) is 0 Å². The summed E-state index contributed by atoms with van der Waals surface area (Å²) in [4.78, 5) is 10.1. The van der Waals surface area contributed by atoms with Gasteiger partial charge in [0.25, 0.3) is 0 Å². The van der Waals surface area contributed by atoms with Crippen LogP contribution >= 0.6 is 0 Å². The second-order valence-electron chi connectivity index (χ2n) is 3.54. The van der Waals surface area contributed by atoms with Crippen molar-refractivity contribution in [3.05, 3.63) is 0 Å². The number of hydrogen-bond acceptors (Lipinski definition) is 3. The Morgan fingerprint density at radius 3 is 2.50 bits per heavy atom. The van der Waals surface area contributed by atoms with E-state index in [0.717, 1.165) is 25.7 Å². The van der Waals surface area contributed by atoms with E-state index in [1.165, 1.54) is 0 Å². The molecule has 0 bridgehead atoms. The van der Waals surface area contributed by atoms with Crippen molar-refractivity contribution in [1.82, 2.24) is 10.9 Å². The van der Waals surface area contributed by atoms with Crippen LogP contribution in [0.2, 0.25) is 0 Å². The van der Waals surface area contributed by atoms with E-state index in [-0.39, 0.29) is 5.66 Å². The summed E-state index contributed by atoms with van der Waals surface area (Å²) in [5.74, 6) is -0.691. The highest BCUT2D eigenvalue weighted by molar-refractivity contribution is 5.66. The molecule has 70 valence electrons. The zero-order valence-corrected chi connectivity index (χ0v) is 7.39. The van der Waals surface area contributed by atoms with Crippen LogP contribution in [0.3, 0.4) is 0 Å². The van der Waals surface area contributed by atoms with E-state index in [4.69, 9.17) is 5.11 Å². The Balaban J connectivity index is 1.86. The number of hydrazine groups is 1. The highest BCUT2D eigenvalue weighted by atomic mass is 16.4. The van der Waals surface area contributed by atoms with E-state index in [1.54, 1.807) is 0 Å². The molecule has 1 heterocycles. The van der Waals surface area contributed by atoms with Crippen molar-refractivity contribution in [3.8, 4) is 0 Å². The first kappa shape index (κ1) is 9.48. The fraction of sp³-hybridized carbons (Fsp3) is 0.875. The first-order chi connectivity index (χ1) is 5.62. The maximum absolute atomic E-state index is 10.1. The Morgan fingerprint density at radius 1 is 1.33 bits per heavy atom. The summed E-state index contributed by atoms with van der Waals surface area (Å²) in [6.07, 6.45) is 4.27. The summed E-state index contributed by atoms with van der Waals surface area (Å²) >= 11 is 0. The number of carboxylic acids is 1. The van der Waals surface area contributed by atoms with Gasteiger partial charge in [-0.25, -0.2) is 10.9 Å². The molecule has 3 N–H and O–H groups in total. The third kappa shape index (κ3) is 3.69. The van der Waals surface area contributed by atoms with Gasteiger partial charge in [0, 0.05) is 6.42 Å². The molecule has 4 heteroatoms. The van der Waals surface area contributed by atoms with Gasteiger partial charge in [-0.15, -0.1) is 0 Å². The van der Waals surface area contributed by atoms with Gasteiger partial charge in [0.2, 0.25) is 0 Å². The van der Waals surface area contributed by atoms with Crippen molar-refractivity contribution >= 4 is 5.97 Å². The molecule has 0 aromatic rings. The van der Waals surface area contributed by atoms with Crippen LogP contribution in [0.5, 0.6) is 0 Å². The van der Waals surface area contributed by atoms with Crippen LogP contribution in [0.4, 0.5) is 0 Å². The second-order valence-corrected chi connectivity index (χ2v) is 3.54. The van der Waals surface area contributed by atoms with Crippen LogP contribution in [0.15, 0.2) is 0 Å². The minimum Gasteiger partial charge on any atom is -0.481 e. The van der Waals surface area contributed by atoms with Crippen molar-refractivity contribution in [1.29, 1.82) is 0 Å². The Labute approximate surface area is 72.3 Å². The van der Waals surface area contributed by atoms with Gasteiger partial charge in [0.1, 0.15) is 0 Å². The third-order valence-corrected chi connectivity index (χ3v) is 2.12. The van der Waals surface area contributed by atoms with Crippen molar-refractivity contribution in [2.45, 2.75) is 44.7 Å². The highest BCUT2D eigenvalue weighted by Crippen LogP contribution is 2.18. The minimum atomic E-state index is -0.691. The molecule has 12 heavy (non-hydrogen) atoms. The number of rotatable bonds is 6. The molecule has 1 fully saturated rings. The van der Waals surface area contributed by atoms with Gasteiger partial charge < -0.3 is 5.11 Å². The van der Waals surface area contributed by atoms with Crippen LogP contribution in [-0.2, 0) is 4.79 Å². The predicted molar refractivity (Wildman–Crippen MR) is 45.4 cm³/mol. The van der Waals surface area contributed by atoms with Gasteiger partial charge in [-0.3, -0.25) is 4.79 Å². The van der Waals surface area contributed by atoms with Gasteiger partial charge >= 0.3 is 5.97 Å². The van der Waals surface area contributed by atoms with Crippen molar-refractivity contribution in [2.75, 3.05) is 0 Å². The largest absolute Gasteiger partial charge is 0.481 e. The average Bonchev–Trinajstić information content (AvgIpc) is 2.67. The van der Waals surface area contributed by atoms with E-state index < -0.39 is 5.97 Å². The third-order valence-electron chi connectivity index (χ3n) is 2.12. The number of unbranched alkanes of at least 4 members (excludes halogenated alkanes) is 2. The van der Waals surface area contributed by atoms with Crippen LogP contribution < -0.4 is 10.9 Å². The quantitative estimate of drug-likeness (QED) is 0.409. The summed E-state index contributed by atoms with van der Waals surface area (Å²) in [5.41, 5.74) is 6.23. The number of nitrogens with one attached hydrogen (secondary N) is 2. The lowest BCUT2D eigenvalue weighted by atomic mass is 10.1. The van der Waals surface area contributed by atoms with Gasteiger partial charge in [-0.1, -0.05) is 12.8 Å². The summed E-state index contributed by atoms with van der Waals surface area (Å²) in [5, 5.41) is 8.36. The van der Waals surface area contributed by atoms with E-state index in [9.17, 15) is 4.79 Å². The number of hydrogen-bond donors (Lipinski definition) is 3. The lowest BCUT2D eigenvalue weighted by Gasteiger charge is -2.02. The first-order valence-electron chi connectivity index (χ1n) is 4.38. The molecule has 0 amide bonds. The summed E-state index contributed by atoms with van der Waals surface area (Å²) in [6.45, 7) is 2.10. The molecule has 1 rings (SSSR count). The second kappa shape index (κ2) is 3.87. The fourth-order valence-electron chi connectivity index (χ4n) is 1.16. The van der Waals surface area contributed by atoms with E-state index in [1.807, 2.05) is 0 Å². The zero-order valence-electron chi connectivity index (χ0n) is 7.39. The van der Waals surface area contributed by atoms with Crippen LogP contribution in [-0.4, -0.2) is 16.7 Å². The molecule has 0 aromatic carbocycles. The number of aliphatic carboxylic acids is 1. The number of carbonyl (C=O) groups is 1. The van der Waals surface area contributed by atoms with E-state index in [2.05, 4.69) is 17.8 Å². The van der Waals surface area contributed by atoms with Gasteiger partial charge in [0.15, 0.2) is 0 Å². The normalized spacial score (nSPS) is 19.1. The smallest absolute Gasteiger partial charge is 0.303 e. The lowest BCUT2D eigenvalue weighted by molar-refractivity contribution is -0.137. The van der Waals surface area contributed by atoms with Gasteiger partial charge in [-0.05, 0) is 19.8 Å². The SMILES string of the molecule is CC1(CCCCCC(=O)O)NN1. The lowest BCUT2D eigenvalue weighted by Crippen LogP contribution is -2.10. The molecule has 1 aliphatic heterocycles. The molecule has 1 aliphatic rings. The fourth-order valence-corrected chi connectivity index (χ4v) is 1.16. The average molecular weight is 172 g/mol. The molecule has 0 radical (unpaired) electrons. The first-order valence-corrected chi connectivity index (χ1v) is 4.38. The molecule has 0 aliphatic carbocycles. The summed E-state index contributed by atoms with van der Waals surface area (Å²) in [6, 6.07) is 0. The summed E-state index contributed by atoms with van der Waals surface area (Å²) in [7, 11) is 0. The van der Waals surface area contributed by atoms with Gasteiger partial charge in [0.05, 0.1) is 5.66 Å². The molecular formula is C8H16N2O2. The van der Waals surface area contributed by atoms with Crippen LogP contribution in [0.25, 0.3) is 0 Å². The Morgan fingerprint density at radius 2 is 2.00 bits per heavy atom. The molecule has 4 nitrogen and oxygen atoms in total. The van der Waals surface area contributed by atoms with Crippen LogP contribution in [0.1, 0.15) is 39.0 Å². The molecular weight excluding hydrogens is 156 g/mol. The zero-order chi connectivity index (χ0) is 9.03. The van der Waals surface area contributed by atoms with Gasteiger partial charge in [-0.2, -0.15) is 0 Å². The monoisotopic (exact) mass is 172 g/mol. The number of carboxylic acid groups (broad SMARTS) is 1. The Kier molecular flexibility index (Phi) is 3.05. The van der Waals surface area contributed by atoms with Crippen molar-refractivity contribution < 1.29 is 9.90 Å². The molecule has 0 unspecified atom stereocenters. The molecule has 0 saturated carbocycles. The highest BCUT2D eigenvalue weighted by Gasteiger charge is 2.34. The molecule has 0 atom stereocenters. The Hall–Kier alpha value is -0.610. The van der Waals surface area contributed by atoms with E-state index in [0.29, 0.717) is 6.42 Å². The summed E-state index contributed by atoms with van der Waals surface area (Å²) < 4.78 is 0. The maximum atomic E-state index is 10.1. The van der Waals surface area contributed by atoms with E-state index >= 15 is 0 Å². The Bertz CT molecular complexity index is 166. The standard InChI is InChI=1S/C8H16N2O2/c1-8(9-10-8)6-4-2-3-5-7(11)12/h9-10H,2-6H2,1H3,(H,11,12). The molecule has 1 saturated heterocycles. The minimum absolute atomic E-state index is 0.142. The predicted octanol–water partition coefficient (Wildman–Crippen LogP) is 0.845. The topological polar surface area (TPSA) is 81.2 Å². The maximum Gasteiger partial charge on any atom is 0.303 e. The van der Waals surface area contributed by atoms with Crippen LogP contribution in [0, 0.1) is 0 Å². The molecule has 0 spiro atoms. The van der Waals surface area contributed by atoms with Crippen molar-refractivity contribution in [2.24, 2.45) is 0 Å².